The number of ether oxygens (including phenoxy) is 1. The topological polar surface area (TPSA) is 21.3 Å². The van der Waals surface area contributed by atoms with E-state index in [4.69, 9.17) is 4.74 Å². The molecule has 1 rings (SSSR count). The van der Waals surface area contributed by atoms with Gasteiger partial charge in [-0.3, -0.25) is 0 Å². The number of hydrogen-bond acceptors (Lipinski definition) is 2. The minimum Gasteiger partial charge on any atom is -0.383 e. The minimum atomic E-state index is 0.219. The standard InChI is InChI=1S/C14H23NO/c1-11(10-16-5)15-13-8-6-12(7-9-13)14(2,3)4/h6-9,11,15H,10H2,1-5H3. The lowest BCUT2D eigenvalue weighted by Gasteiger charge is -2.20. The summed E-state index contributed by atoms with van der Waals surface area (Å²) in [5.74, 6) is 0. The molecule has 0 bridgehead atoms. The van der Waals surface area contributed by atoms with E-state index in [9.17, 15) is 0 Å². The normalized spacial score (nSPS) is 13.6. The van der Waals surface area contributed by atoms with Crippen molar-refractivity contribution in [3.05, 3.63) is 29.8 Å². The molecule has 0 fully saturated rings. The van der Waals surface area contributed by atoms with Crippen LogP contribution in [0.25, 0.3) is 0 Å². The summed E-state index contributed by atoms with van der Waals surface area (Å²) >= 11 is 0. The Morgan fingerprint density at radius 3 is 2.19 bits per heavy atom. The molecule has 0 aliphatic carbocycles. The highest BCUT2D eigenvalue weighted by Crippen LogP contribution is 2.23. The molecule has 0 amide bonds. The van der Waals surface area contributed by atoms with Gasteiger partial charge in [0.25, 0.3) is 0 Å². The lowest BCUT2D eigenvalue weighted by atomic mass is 9.87. The van der Waals surface area contributed by atoms with Crippen molar-refractivity contribution in [1.82, 2.24) is 0 Å². The van der Waals surface area contributed by atoms with Crippen molar-refractivity contribution in [3.8, 4) is 0 Å². The molecular formula is C14H23NO. The highest BCUT2D eigenvalue weighted by atomic mass is 16.5. The van der Waals surface area contributed by atoms with Gasteiger partial charge in [-0.15, -0.1) is 0 Å². The fourth-order valence-electron chi connectivity index (χ4n) is 1.64. The van der Waals surface area contributed by atoms with E-state index in [0.29, 0.717) is 6.04 Å². The Kier molecular flexibility index (Phi) is 4.36. The summed E-state index contributed by atoms with van der Waals surface area (Å²) < 4.78 is 5.09. The van der Waals surface area contributed by atoms with Crippen LogP contribution in [0.15, 0.2) is 24.3 Å². The smallest absolute Gasteiger partial charge is 0.0661 e. The molecule has 2 heteroatoms. The maximum atomic E-state index is 5.09. The van der Waals surface area contributed by atoms with Crippen LogP contribution in [0.4, 0.5) is 5.69 Å². The first-order chi connectivity index (χ1) is 7.43. The molecule has 2 nitrogen and oxygen atoms in total. The molecule has 0 saturated heterocycles. The van der Waals surface area contributed by atoms with E-state index in [1.807, 2.05) is 0 Å². The fraction of sp³-hybridized carbons (Fsp3) is 0.571. The molecule has 0 radical (unpaired) electrons. The summed E-state index contributed by atoms with van der Waals surface area (Å²) in [7, 11) is 1.72. The van der Waals surface area contributed by atoms with Gasteiger partial charge in [-0.05, 0) is 30.0 Å². The second-order valence-electron chi connectivity index (χ2n) is 5.33. The Morgan fingerprint density at radius 1 is 1.19 bits per heavy atom. The van der Waals surface area contributed by atoms with E-state index < -0.39 is 0 Å². The molecule has 0 aromatic heterocycles. The number of nitrogens with one attached hydrogen (secondary N) is 1. The molecule has 90 valence electrons. The first-order valence-corrected chi connectivity index (χ1v) is 5.79. The fourth-order valence-corrected chi connectivity index (χ4v) is 1.64. The largest absolute Gasteiger partial charge is 0.383 e. The van der Waals surface area contributed by atoms with Gasteiger partial charge in [-0.25, -0.2) is 0 Å². The van der Waals surface area contributed by atoms with Crippen molar-refractivity contribution in [2.45, 2.75) is 39.2 Å². The number of hydrogen-bond donors (Lipinski definition) is 1. The van der Waals surface area contributed by atoms with Crippen molar-refractivity contribution in [1.29, 1.82) is 0 Å². The zero-order chi connectivity index (χ0) is 12.2. The summed E-state index contributed by atoms with van der Waals surface area (Å²) in [5, 5.41) is 3.40. The van der Waals surface area contributed by atoms with E-state index in [-0.39, 0.29) is 5.41 Å². The Labute approximate surface area is 99.0 Å². The van der Waals surface area contributed by atoms with Crippen LogP contribution in [0, 0.1) is 0 Å². The molecule has 16 heavy (non-hydrogen) atoms. The summed E-state index contributed by atoms with van der Waals surface area (Å²) in [6.45, 7) is 9.51. The van der Waals surface area contributed by atoms with Gasteiger partial charge in [0.05, 0.1) is 6.61 Å². The van der Waals surface area contributed by atoms with Crippen LogP contribution in [0.2, 0.25) is 0 Å². The highest BCUT2D eigenvalue weighted by molar-refractivity contribution is 5.46. The third-order valence-electron chi connectivity index (χ3n) is 2.58. The van der Waals surface area contributed by atoms with Crippen LogP contribution >= 0.6 is 0 Å². The molecule has 0 saturated carbocycles. The Balaban J connectivity index is 2.65. The Hall–Kier alpha value is -1.02. The molecule has 0 aliphatic heterocycles. The third-order valence-corrected chi connectivity index (χ3v) is 2.58. The molecule has 1 aromatic rings. The minimum absolute atomic E-state index is 0.219. The lowest BCUT2D eigenvalue weighted by molar-refractivity contribution is 0.190. The van der Waals surface area contributed by atoms with Crippen molar-refractivity contribution in [3.63, 3.8) is 0 Å². The average Bonchev–Trinajstić information content (AvgIpc) is 2.17. The van der Waals surface area contributed by atoms with Crippen LogP contribution in [0.5, 0.6) is 0 Å². The SMILES string of the molecule is COCC(C)Nc1ccc(C(C)(C)C)cc1. The first-order valence-electron chi connectivity index (χ1n) is 5.79. The van der Waals surface area contributed by atoms with Gasteiger partial charge in [0.2, 0.25) is 0 Å². The molecule has 1 atom stereocenters. The van der Waals surface area contributed by atoms with Crippen LogP contribution in [0.3, 0.4) is 0 Å². The summed E-state index contributed by atoms with van der Waals surface area (Å²) in [5.41, 5.74) is 2.73. The van der Waals surface area contributed by atoms with Crippen LogP contribution in [-0.4, -0.2) is 19.8 Å². The lowest BCUT2D eigenvalue weighted by Crippen LogP contribution is -2.20. The average molecular weight is 221 g/mol. The molecule has 0 aliphatic rings. The van der Waals surface area contributed by atoms with Gasteiger partial charge in [0, 0.05) is 18.8 Å². The van der Waals surface area contributed by atoms with Gasteiger partial charge in [0.15, 0.2) is 0 Å². The zero-order valence-corrected chi connectivity index (χ0v) is 11.0. The Bertz CT molecular complexity index is 311. The molecular weight excluding hydrogens is 198 g/mol. The highest BCUT2D eigenvalue weighted by Gasteiger charge is 2.12. The zero-order valence-electron chi connectivity index (χ0n) is 11.0. The van der Waals surface area contributed by atoms with E-state index in [1.54, 1.807) is 7.11 Å². The number of methoxy groups -OCH3 is 1. The van der Waals surface area contributed by atoms with E-state index in [2.05, 4.69) is 57.3 Å². The monoisotopic (exact) mass is 221 g/mol. The molecule has 0 heterocycles. The summed E-state index contributed by atoms with van der Waals surface area (Å²) in [6, 6.07) is 8.97. The quantitative estimate of drug-likeness (QED) is 0.841. The van der Waals surface area contributed by atoms with Crippen LogP contribution < -0.4 is 5.32 Å². The van der Waals surface area contributed by atoms with Gasteiger partial charge in [-0.1, -0.05) is 32.9 Å². The third kappa shape index (κ3) is 3.86. The number of rotatable bonds is 4. The molecule has 0 spiro atoms. The summed E-state index contributed by atoms with van der Waals surface area (Å²) in [4.78, 5) is 0. The van der Waals surface area contributed by atoms with E-state index >= 15 is 0 Å². The van der Waals surface area contributed by atoms with Crippen molar-refractivity contribution >= 4 is 5.69 Å². The second-order valence-corrected chi connectivity index (χ2v) is 5.33. The van der Waals surface area contributed by atoms with E-state index in [0.717, 1.165) is 12.3 Å². The molecule has 1 aromatic carbocycles. The van der Waals surface area contributed by atoms with Crippen molar-refractivity contribution in [2.24, 2.45) is 0 Å². The number of benzene rings is 1. The van der Waals surface area contributed by atoms with Gasteiger partial charge < -0.3 is 10.1 Å². The van der Waals surface area contributed by atoms with E-state index in [1.165, 1.54) is 5.56 Å². The van der Waals surface area contributed by atoms with Crippen LogP contribution in [-0.2, 0) is 10.2 Å². The second kappa shape index (κ2) is 5.35. The summed E-state index contributed by atoms with van der Waals surface area (Å²) in [6.07, 6.45) is 0. The number of anilines is 1. The predicted molar refractivity (Wildman–Crippen MR) is 70.1 cm³/mol. The predicted octanol–water partition coefficient (Wildman–Crippen LogP) is 3.43. The molecule has 1 N–H and O–H groups in total. The van der Waals surface area contributed by atoms with Crippen molar-refractivity contribution in [2.75, 3.05) is 19.0 Å². The van der Waals surface area contributed by atoms with Crippen molar-refractivity contribution < 1.29 is 4.74 Å². The first kappa shape index (κ1) is 13.0. The maximum absolute atomic E-state index is 5.09. The van der Waals surface area contributed by atoms with Gasteiger partial charge >= 0.3 is 0 Å². The molecule has 1 unspecified atom stereocenters. The van der Waals surface area contributed by atoms with Gasteiger partial charge in [0.1, 0.15) is 0 Å². The maximum Gasteiger partial charge on any atom is 0.0661 e. The van der Waals surface area contributed by atoms with Gasteiger partial charge in [-0.2, -0.15) is 0 Å². The Morgan fingerprint density at radius 2 is 1.75 bits per heavy atom. The van der Waals surface area contributed by atoms with Crippen LogP contribution in [0.1, 0.15) is 33.3 Å².